The van der Waals surface area contributed by atoms with Gasteiger partial charge in [-0.15, -0.1) is 0 Å². The first kappa shape index (κ1) is 13.0. The first-order chi connectivity index (χ1) is 6.93. The summed E-state index contributed by atoms with van der Waals surface area (Å²) in [6, 6.07) is 0. The average Bonchev–Trinajstić information content (AvgIpc) is 2.16. The SMILES string of the molecule is CC(C)[C@H]1COCCC1(C(C)C)C(C)C. The molecule has 1 aliphatic heterocycles. The molecule has 1 aliphatic rings. The van der Waals surface area contributed by atoms with E-state index in [0.29, 0.717) is 5.41 Å². The van der Waals surface area contributed by atoms with Gasteiger partial charge in [-0.2, -0.15) is 0 Å². The van der Waals surface area contributed by atoms with Gasteiger partial charge in [0.15, 0.2) is 0 Å². The summed E-state index contributed by atoms with van der Waals surface area (Å²) in [6.45, 7) is 16.2. The van der Waals surface area contributed by atoms with Crippen LogP contribution < -0.4 is 0 Å². The van der Waals surface area contributed by atoms with Gasteiger partial charge in [0.2, 0.25) is 0 Å². The van der Waals surface area contributed by atoms with Crippen LogP contribution in [-0.4, -0.2) is 13.2 Å². The summed E-state index contributed by atoms with van der Waals surface area (Å²) in [6.07, 6.45) is 1.24. The van der Waals surface area contributed by atoms with Crippen molar-refractivity contribution in [3.05, 3.63) is 0 Å². The Bertz CT molecular complexity index is 186. The molecule has 1 heterocycles. The third kappa shape index (κ3) is 2.22. The molecule has 1 fully saturated rings. The maximum atomic E-state index is 5.70. The predicted molar refractivity (Wildman–Crippen MR) is 65.9 cm³/mol. The van der Waals surface area contributed by atoms with Crippen molar-refractivity contribution in [1.29, 1.82) is 0 Å². The Morgan fingerprint density at radius 3 is 1.87 bits per heavy atom. The van der Waals surface area contributed by atoms with E-state index < -0.39 is 0 Å². The maximum Gasteiger partial charge on any atom is 0.0502 e. The number of hydrogen-bond donors (Lipinski definition) is 0. The van der Waals surface area contributed by atoms with Gasteiger partial charge in [-0.1, -0.05) is 41.5 Å². The molecular formula is C14H28O. The zero-order valence-electron chi connectivity index (χ0n) is 11.3. The minimum absolute atomic E-state index is 0.492. The van der Waals surface area contributed by atoms with Crippen molar-refractivity contribution < 1.29 is 4.74 Å². The lowest BCUT2D eigenvalue weighted by atomic mass is 9.56. The molecule has 0 N–H and O–H groups in total. The summed E-state index contributed by atoms with van der Waals surface area (Å²) in [5.74, 6) is 2.98. The van der Waals surface area contributed by atoms with Gasteiger partial charge in [-0.25, -0.2) is 0 Å². The van der Waals surface area contributed by atoms with Crippen LogP contribution in [0.4, 0.5) is 0 Å². The van der Waals surface area contributed by atoms with E-state index >= 15 is 0 Å². The van der Waals surface area contributed by atoms with Crippen molar-refractivity contribution in [2.75, 3.05) is 13.2 Å². The lowest BCUT2D eigenvalue weighted by Crippen LogP contribution is -2.48. The van der Waals surface area contributed by atoms with Gasteiger partial charge in [-0.3, -0.25) is 0 Å². The van der Waals surface area contributed by atoms with E-state index in [1.54, 1.807) is 0 Å². The van der Waals surface area contributed by atoms with E-state index in [1.807, 2.05) is 0 Å². The highest BCUT2D eigenvalue weighted by atomic mass is 16.5. The minimum atomic E-state index is 0.492. The smallest absolute Gasteiger partial charge is 0.0502 e. The van der Waals surface area contributed by atoms with Gasteiger partial charge in [0.25, 0.3) is 0 Å². The van der Waals surface area contributed by atoms with E-state index in [0.717, 1.165) is 36.9 Å². The molecule has 0 aliphatic carbocycles. The quantitative estimate of drug-likeness (QED) is 0.687. The third-order valence-electron chi connectivity index (χ3n) is 4.62. The molecule has 1 nitrogen and oxygen atoms in total. The first-order valence-corrected chi connectivity index (χ1v) is 6.50. The van der Waals surface area contributed by atoms with E-state index in [1.165, 1.54) is 6.42 Å². The molecule has 0 aromatic carbocycles. The van der Waals surface area contributed by atoms with Crippen LogP contribution in [0.2, 0.25) is 0 Å². The third-order valence-corrected chi connectivity index (χ3v) is 4.62. The van der Waals surface area contributed by atoms with Gasteiger partial charge in [-0.05, 0) is 35.5 Å². The van der Waals surface area contributed by atoms with Crippen LogP contribution in [0.1, 0.15) is 48.0 Å². The molecule has 0 spiro atoms. The van der Waals surface area contributed by atoms with Crippen LogP contribution in [-0.2, 0) is 4.74 Å². The molecule has 1 atom stereocenters. The van der Waals surface area contributed by atoms with E-state index in [4.69, 9.17) is 4.74 Å². The van der Waals surface area contributed by atoms with Crippen molar-refractivity contribution in [2.45, 2.75) is 48.0 Å². The molecule has 1 rings (SSSR count). The largest absolute Gasteiger partial charge is 0.381 e. The maximum absolute atomic E-state index is 5.70. The monoisotopic (exact) mass is 212 g/mol. The fourth-order valence-electron chi connectivity index (χ4n) is 3.71. The summed E-state index contributed by atoms with van der Waals surface area (Å²) in [7, 11) is 0. The Kier molecular flexibility index (Phi) is 4.22. The summed E-state index contributed by atoms with van der Waals surface area (Å²) in [5.41, 5.74) is 0.492. The molecule has 0 bridgehead atoms. The lowest BCUT2D eigenvalue weighted by Gasteiger charge is -2.52. The molecule has 0 unspecified atom stereocenters. The van der Waals surface area contributed by atoms with E-state index in [-0.39, 0.29) is 0 Å². The van der Waals surface area contributed by atoms with Crippen LogP contribution in [0.15, 0.2) is 0 Å². The van der Waals surface area contributed by atoms with Crippen LogP contribution in [0.25, 0.3) is 0 Å². The Morgan fingerprint density at radius 2 is 1.53 bits per heavy atom. The van der Waals surface area contributed by atoms with E-state index in [9.17, 15) is 0 Å². The molecule has 90 valence electrons. The fourth-order valence-corrected chi connectivity index (χ4v) is 3.71. The Morgan fingerprint density at radius 1 is 1.00 bits per heavy atom. The highest BCUT2D eigenvalue weighted by Gasteiger charge is 2.46. The molecule has 0 amide bonds. The molecular weight excluding hydrogens is 184 g/mol. The van der Waals surface area contributed by atoms with Gasteiger partial charge in [0.05, 0.1) is 6.61 Å². The van der Waals surface area contributed by atoms with Crippen LogP contribution in [0.3, 0.4) is 0 Å². The van der Waals surface area contributed by atoms with Crippen LogP contribution in [0.5, 0.6) is 0 Å². The highest BCUT2D eigenvalue weighted by Crippen LogP contribution is 2.50. The Balaban J connectivity index is 2.99. The molecule has 0 radical (unpaired) electrons. The normalized spacial score (nSPS) is 26.6. The molecule has 0 aromatic rings. The van der Waals surface area contributed by atoms with Gasteiger partial charge in [0, 0.05) is 6.61 Å². The Hall–Kier alpha value is -0.0400. The lowest BCUT2D eigenvalue weighted by molar-refractivity contribution is -0.110. The second kappa shape index (κ2) is 4.86. The number of ether oxygens (including phenoxy) is 1. The van der Waals surface area contributed by atoms with Crippen molar-refractivity contribution in [3.8, 4) is 0 Å². The number of hydrogen-bond acceptors (Lipinski definition) is 1. The molecule has 0 aromatic heterocycles. The second-order valence-corrected chi connectivity index (χ2v) is 6.10. The highest BCUT2D eigenvalue weighted by molar-refractivity contribution is 4.94. The standard InChI is InChI=1S/C14H28O/c1-10(2)13-9-15-8-7-14(13,11(3)4)12(5)6/h10-13H,7-9H2,1-6H3/t13-/m1/s1. The summed E-state index contributed by atoms with van der Waals surface area (Å²) >= 11 is 0. The topological polar surface area (TPSA) is 9.23 Å². The predicted octanol–water partition coefficient (Wildman–Crippen LogP) is 3.98. The first-order valence-electron chi connectivity index (χ1n) is 6.50. The van der Waals surface area contributed by atoms with Crippen LogP contribution >= 0.6 is 0 Å². The molecule has 15 heavy (non-hydrogen) atoms. The van der Waals surface area contributed by atoms with Gasteiger partial charge >= 0.3 is 0 Å². The van der Waals surface area contributed by atoms with Crippen LogP contribution in [0, 0.1) is 29.1 Å². The Labute approximate surface area is 95.6 Å². The van der Waals surface area contributed by atoms with Crippen molar-refractivity contribution >= 4 is 0 Å². The summed E-state index contributed by atoms with van der Waals surface area (Å²) < 4.78 is 5.70. The van der Waals surface area contributed by atoms with Crippen molar-refractivity contribution in [3.63, 3.8) is 0 Å². The van der Waals surface area contributed by atoms with Gasteiger partial charge < -0.3 is 4.74 Å². The fraction of sp³-hybridized carbons (Fsp3) is 1.00. The summed E-state index contributed by atoms with van der Waals surface area (Å²) in [4.78, 5) is 0. The summed E-state index contributed by atoms with van der Waals surface area (Å²) in [5, 5.41) is 0. The van der Waals surface area contributed by atoms with Gasteiger partial charge in [0.1, 0.15) is 0 Å². The number of rotatable bonds is 3. The molecule has 1 heteroatoms. The zero-order valence-corrected chi connectivity index (χ0v) is 11.3. The molecule has 1 saturated heterocycles. The van der Waals surface area contributed by atoms with Crippen molar-refractivity contribution in [1.82, 2.24) is 0 Å². The molecule has 0 saturated carbocycles. The van der Waals surface area contributed by atoms with Crippen molar-refractivity contribution in [2.24, 2.45) is 29.1 Å². The van der Waals surface area contributed by atoms with E-state index in [2.05, 4.69) is 41.5 Å². The zero-order chi connectivity index (χ0) is 11.6. The second-order valence-electron chi connectivity index (χ2n) is 6.10. The minimum Gasteiger partial charge on any atom is -0.381 e. The average molecular weight is 212 g/mol.